The maximum atomic E-state index is 15.4. The molecule has 4 aromatic carbocycles. The summed E-state index contributed by atoms with van der Waals surface area (Å²) in [5.41, 5.74) is 2.88. The predicted octanol–water partition coefficient (Wildman–Crippen LogP) is 8.37. The van der Waals surface area contributed by atoms with Crippen LogP contribution in [-0.2, 0) is 54.2 Å². The van der Waals surface area contributed by atoms with E-state index in [-0.39, 0.29) is 6.42 Å². The van der Waals surface area contributed by atoms with Gasteiger partial charge in [-0.25, -0.2) is 0 Å². The molecule has 15 heteroatoms. The topological polar surface area (TPSA) is 162 Å². The Balaban J connectivity index is 1.79. The van der Waals surface area contributed by atoms with Gasteiger partial charge >= 0.3 is 23.9 Å². The van der Waals surface area contributed by atoms with Crippen molar-refractivity contribution < 1.29 is 42.9 Å². The predicted molar refractivity (Wildman–Crippen MR) is 223 cm³/mol. The molecule has 1 amide bonds. The van der Waals surface area contributed by atoms with Crippen LogP contribution in [0.3, 0.4) is 0 Å². The van der Waals surface area contributed by atoms with Gasteiger partial charge in [-0.2, -0.15) is 10.2 Å². The number of carbonyl (C=O) groups is 5. The number of ether oxygens (including phenoxy) is 4. The summed E-state index contributed by atoms with van der Waals surface area (Å²) in [6.07, 6.45) is -4.59. The van der Waals surface area contributed by atoms with E-state index in [2.05, 4.69) is 10.4 Å². The summed E-state index contributed by atoms with van der Waals surface area (Å²) in [6.45, 7) is 4.50. The minimum Gasteiger partial charge on any atom is -0.462 e. The average Bonchev–Trinajstić information content (AvgIpc) is 3.53. The Bertz CT molecular complexity index is 2160. The highest BCUT2D eigenvalue weighted by molar-refractivity contribution is 8.04. The number of carbonyl (C=O) groups excluding carboxylic acids is 5. The van der Waals surface area contributed by atoms with E-state index in [9.17, 15) is 19.2 Å². The zero-order chi connectivity index (χ0) is 42.5. The van der Waals surface area contributed by atoms with E-state index in [4.69, 9.17) is 35.7 Å². The number of rotatable bonds is 17. The molecule has 0 aliphatic carbocycles. The van der Waals surface area contributed by atoms with Crippen molar-refractivity contribution in [1.82, 2.24) is 4.90 Å². The first kappa shape index (κ1) is 44.1. The second kappa shape index (κ2) is 20.6. The summed E-state index contributed by atoms with van der Waals surface area (Å²) in [7, 11) is 1.88. The molecule has 5 atom stereocenters. The highest BCUT2D eigenvalue weighted by Crippen LogP contribution is 2.60. The van der Waals surface area contributed by atoms with Gasteiger partial charge < -0.3 is 29.2 Å². The highest BCUT2D eigenvalue weighted by Gasteiger charge is 2.58. The number of para-hydroxylation sites is 1. The lowest BCUT2D eigenvalue weighted by molar-refractivity contribution is -0.190. The number of halogens is 1. The highest BCUT2D eigenvalue weighted by atomic mass is 35.5. The van der Waals surface area contributed by atoms with Gasteiger partial charge in [0.2, 0.25) is 5.91 Å². The van der Waals surface area contributed by atoms with E-state index in [0.717, 1.165) is 19.4 Å². The Morgan fingerprint density at radius 3 is 1.86 bits per heavy atom. The van der Waals surface area contributed by atoms with Gasteiger partial charge in [-0.3, -0.25) is 24.0 Å². The Kier molecular flexibility index (Phi) is 15.4. The largest absolute Gasteiger partial charge is 0.462 e. The fourth-order valence-electron chi connectivity index (χ4n) is 6.74. The number of allylic oxidation sites excluding steroid dienone is 1. The molecule has 0 saturated carbocycles. The molecule has 0 radical (unpaired) electrons. The monoisotopic (exact) mass is 840 g/mol. The minimum atomic E-state index is -1.56. The van der Waals surface area contributed by atoms with E-state index >= 15 is 4.79 Å². The summed E-state index contributed by atoms with van der Waals surface area (Å²) < 4.78 is 21.0. The van der Waals surface area contributed by atoms with E-state index in [1.54, 1.807) is 48.5 Å². The Morgan fingerprint density at radius 2 is 1.29 bits per heavy atom. The Hall–Kier alpha value is -5.99. The SMILES string of the molecule is CC(=O)OC[C@@H](OC(C)=O)[C@@H](OC(C)=O)[C@@H](C[C@H]1C(N=Nc2ccc(Cl)cc2)=C(N(C)Cc2ccccc2)S[C@@]1(C(=O)Nc1ccccc1)c1ccccc1)OC(C)=O. The van der Waals surface area contributed by atoms with E-state index in [1.165, 1.54) is 25.6 Å². The maximum Gasteiger partial charge on any atom is 0.303 e. The van der Waals surface area contributed by atoms with Crippen LogP contribution < -0.4 is 5.32 Å². The fraction of sp³-hybridized carbons (Fsp3) is 0.295. The van der Waals surface area contributed by atoms with Gasteiger partial charge in [0.25, 0.3) is 0 Å². The van der Waals surface area contributed by atoms with Crippen LogP contribution >= 0.6 is 23.4 Å². The molecule has 0 bridgehead atoms. The van der Waals surface area contributed by atoms with Crippen LogP contribution in [-0.4, -0.2) is 66.7 Å². The van der Waals surface area contributed by atoms with Crippen LogP contribution in [0.15, 0.2) is 136 Å². The first-order valence-electron chi connectivity index (χ1n) is 18.7. The molecule has 59 heavy (non-hydrogen) atoms. The number of azo groups is 1. The number of hydrogen-bond donors (Lipinski definition) is 1. The summed E-state index contributed by atoms with van der Waals surface area (Å²) in [5, 5.41) is 13.7. The normalized spacial score (nSPS) is 17.7. The van der Waals surface area contributed by atoms with Gasteiger partial charge in [0.1, 0.15) is 17.5 Å². The third kappa shape index (κ3) is 11.8. The quantitative estimate of drug-likeness (QED) is 0.0618. The van der Waals surface area contributed by atoms with Crippen molar-refractivity contribution in [1.29, 1.82) is 0 Å². The molecule has 1 heterocycles. The van der Waals surface area contributed by atoms with Gasteiger partial charge in [0.15, 0.2) is 12.2 Å². The molecule has 0 spiro atoms. The van der Waals surface area contributed by atoms with Crippen molar-refractivity contribution in [2.24, 2.45) is 16.1 Å². The summed E-state index contributed by atoms with van der Waals surface area (Å²) >= 11 is 7.45. The van der Waals surface area contributed by atoms with Crippen LogP contribution in [0.5, 0.6) is 0 Å². The van der Waals surface area contributed by atoms with Crippen molar-refractivity contribution >= 4 is 64.5 Å². The smallest absolute Gasteiger partial charge is 0.303 e. The van der Waals surface area contributed by atoms with Crippen molar-refractivity contribution in [3.63, 3.8) is 0 Å². The van der Waals surface area contributed by atoms with Crippen LogP contribution in [0.25, 0.3) is 0 Å². The molecule has 1 aliphatic heterocycles. The molecule has 0 aromatic heterocycles. The molecule has 1 aliphatic rings. The molecule has 308 valence electrons. The zero-order valence-corrected chi connectivity index (χ0v) is 34.8. The van der Waals surface area contributed by atoms with Crippen LogP contribution in [0.4, 0.5) is 11.4 Å². The van der Waals surface area contributed by atoms with Crippen molar-refractivity contribution in [2.45, 2.75) is 63.7 Å². The third-order valence-corrected chi connectivity index (χ3v) is 11.2. The molecule has 0 fully saturated rings. The maximum absolute atomic E-state index is 15.4. The number of nitrogens with zero attached hydrogens (tertiary/aromatic N) is 3. The van der Waals surface area contributed by atoms with Crippen LogP contribution in [0.2, 0.25) is 5.02 Å². The van der Waals surface area contributed by atoms with E-state index < -0.39 is 65.4 Å². The first-order chi connectivity index (χ1) is 28.3. The molecule has 0 unspecified atom stereocenters. The molecular formula is C44H45ClN4O9S. The molecule has 13 nitrogen and oxygen atoms in total. The molecule has 0 saturated heterocycles. The van der Waals surface area contributed by atoms with E-state index in [0.29, 0.717) is 39.2 Å². The summed E-state index contributed by atoms with van der Waals surface area (Å²) in [4.78, 5) is 67.6. The number of amides is 1. The summed E-state index contributed by atoms with van der Waals surface area (Å²) in [6, 6.07) is 34.5. The van der Waals surface area contributed by atoms with Crippen LogP contribution in [0, 0.1) is 5.92 Å². The number of benzene rings is 4. The number of hydrogen-bond acceptors (Lipinski definition) is 13. The number of anilines is 1. The van der Waals surface area contributed by atoms with Crippen molar-refractivity contribution in [2.75, 3.05) is 19.0 Å². The van der Waals surface area contributed by atoms with Gasteiger partial charge in [-0.1, -0.05) is 102 Å². The number of thioether (sulfide) groups is 1. The Labute approximate surface area is 352 Å². The third-order valence-electron chi connectivity index (χ3n) is 9.17. The van der Waals surface area contributed by atoms with Gasteiger partial charge in [-0.15, -0.1) is 0 Å². The van der Waals surface area contributed by atoms with Gasteiger partial charge in [-0.05, 0) is 53.9 Å². The number of nitrogens with one attached hydrogen (secondary N) is 1. The summed E-state index contributed by atoms with van der Waals surface area (Å²) in [5.74, 6) is -4.47. The van der Waals surface area contributed by atoms with E-state index in [1.807, 2.05) is 78.7 Å². The molecule has 5 rings (SSSR count). The zero-order valence-electron chi connectivity index (χ0n) is 33.2. The first-order valence-corrected chi connectivity index (χ1v) is 19.9. The standard InChI is InChI=1S/C44H45ClN4O9S/c1-28(50)55-27-39(57-30(3)52)41(58-31(4)53)38(56-29(2)51)25-37-40(48-47-36-23-21-34(45)22-24-36)42(49(5)26-32-15-9-6-10-16-32)59-44(37,33-17-11-7-12-18-33)43(54)46-35-19-13-8-14-20-35/h6-24,37-39,41H,25-27H2,1-5H3,(H,46,54)/t37-,38+,39+,41-,44-/m0/s1. The second-order valence-electron chi connectivity index (χ2n) is 13.7. The lowest BCUT2D eigenvalue weighted by Crippen LogP contribution is -2.50. The molecular weight excluding hydrogens is 796 g/mol. The average molecular weight is 841 g/mol. The van der Waals surface area contributed by atoms with Gasteiger partial charge in [0, 0.05) is 57.9 Å². The lowest BCUT2D eigenvalue weighted by Gasteiger charge is -2.38. The van der Waals surface area contributed by atoms with Crippen molar-refractivity contribution in [3.8, 4) is 0 Å². The van der Waals surface area contributed by atoms with Crippen LogP contribution in [0.1, 0.15) is 45.2 Å². The Morgan fingerprint density at radius 1 is 0.729 bits per heavy atom. The minimum absolute atomic E-state index is 0.239. The molecule has 1 N–H and O–H groups in total. The van der Waals surface area contributed by atoms with Crippen molar-refractivity contribution in [3.05, 3.63) is 142 Å². The second-order valence-corrected chi connectivity index (χ2v) is 15.4. The lowest BCUT2D eigenvalue weighted by atomic mass is 9.78. The fourth-order valence-corrected chi connectivity index (χ4v) is 8.43. The number of esters is 4. The van der Waals surface area contributed by atoms with Gasteiger partial charge in [0.05, 0.1) is 16.4 Å². The molecule has 4 aromatic rings.